The number of aromatic nitrogens is 3. The van der Waals surface area contributed by atoms with E-state index in [4.69, 9.17) is 0 Å². The zero-order valence-corrected chi connectivity index (χ0v) is 13.7. The van der Waals surface area contributed by atoms with Gasteiger partial charge in [0.25, 0.3) is 0 Å². The Morgan fingerprint density at radius 2 is 2.24 bits per heavy atom. The predicted molar refractivity (Wildman–Crippen MR) is 83.9 cm³/mol. The molecule has 1 N–H and O–H groups in total. The molecule has 0 spiro atoms. The van der Waals surface area contributed by atoms with Gasteiger partial charge in [-0.1, -0.05) is 20.8 Å². The van der Waals surface area contributed by atoms with Crippen LogP contribution >= 0.6 is 0 Å². The molecule has 0 saturated heterocycles. The van der Waals surface area contributed by atoms with Crippen LogP contribution in [0.4, 0.5) is 0 Å². The Hall–Kier alpha value is -0.940. The highest BCUT2D eigenvalue weighted by atomic mass is 15.3. The topological polar surface area (TPSA) is 46.0 Å². The predicted octanol–water partition coefficient (Wildman–Crippen LogP) is 1.90. The molecule has 5 nitrogen and oxygen atoms in total. The van der Waals surface area contributed by atoms with E-state index < -0.39 is 0 Å². The molecule has 1 aromatic rings. The fraction of sp³-hybridized carbons (Fsp3) is 0.875. The number of rotatable bonds is 5. The van der Waals surface area contributed by atoms with Crippen molar-refractivity contribution in [2.24, 2.45) is 11.3 Å². The van der Waals surface area contributed by atoms with Crippen molar-refractivity contribution in [2.75, 3.05) is 19.6 Å². The number of fused-ring (bicyclic) bond motifs is 1. The van der Waals surface area contributed by atoms with Crippen molar-refractivity contribution in [3.8, 4) is 0 Å². The molecular formula is C16H29N5. The molecule has 3 rings (SSSR count). The number of hydrogen-bond acceptors (Lipinski definition) is 4. The van der Waals surface area contributed by atoms with E-state index in [9.17, 15) is 0 Å². The van der Waals surface area contributed by atoms with E-state index >= 15 is 0 Å². The Labute approximate surface area is 128 Å². The molecular weight excluding hydrogens is 262 g/mol. The molecule has 1 aromatic heterocycles. The quantitative estimate of drug-likeness (QED) is 0.900. The molecule has 1 saturated carbocycles. The van der Waals surface area contributed by atoms with Gasteiger partial charge in [-0.25, -0.2) is 0 Å². The van der Waals surface area contributed by atoms with Crippen LogP contribution < -0.4 is 5.32 Å². The van der Waals surface area contributed by atoms with Gasteiger partial charge in [0, 0.05) is 25.7 Å². The van der Waals surface area contributed by atoms with Gasteiger partial charge in [-0.15, -0.1) is 10.2 Å². The number of nitrogens with one attached hydrogen (secondary N) is 1. The van der Waals surface area contributed by atoms with Crippen LogP contribution in [0.25, 0.3) is 0 Å². The minimum absolute atomic E-state index is 0.426. The fourth-order valence-corrected chi connectivity index (χ4v) is 4.06. The van der Waals surface area contributed by atoms with Crippen LogP contribution in [0.5, 0.6) is 0 Å². The highest BCUT2D eigenvalue weighted by Crippen LogP contribution is 2.41. The lowest BCUT2D eigenvalue weighted by Gasteiger charge is -2.35. The van der Waals surface area contributed by atoms with Gasteiger partial charge < -0.3 is 9.88 Å². The molecule has 1 aliphatic heterocycles. The summed E-state index contributed by atoms with van der Waals surface area (Å²) in [5.74, 6) is 1.89. The first kappa shape index (κ1) is 15.0. The van der Waals surface area contributed by atoms with Crippen LogP contribution in [0.2, 0.25) is 0 Å². The molecule has 21 heavy (non-hydrogen) atoms. The van der Waals surface area contributed by atoms with E-state index in [2.05, 4.69) is 45.8 Å². The van der Waals surface area contributed by atoms with Crippen molar-refractivity contribution >= 4 is 0 Å². The van der Waals surface area contributed by atoms with Crippen LogP contribution in [-0.4, -0.2) is 45.3 Å². The van der Waals surface area contributed by atoms with Crippen LogP contribution in [0.3, 0.4) is 0 Å². The first-order chi connectivity index (χ1) is 10.1. The third-order valence-electron chi connectivity index (χ3n) is 5.30. The van der Waals surface area contributed by atoms with Gasteiger partial charge in [0.2, 0.25) is 0 Å². The third kappa shape index (κ3) is 3.14. The summed E-state index contributed by atoms with van der Waals surface area (Å²) in [4.78, 5) is 2.57. The highest BCUT2D eigenvalue weighted by Gasteiger charge is 2.42. The highest BCUT2D eigenvalue weighted by molar-refractivity contribution is 4.98. The maximum Gasteiger partial charge on any atom is 0.147 e. The molecule has 2 atom stereocenters. The maximum absolute atomic E-state index is 4.23. The van der Waals surface area contributed by atoms with E-state index in [1.807, 2.05) is 6.33 Å². The Balaban J connectivity index is 1.61. The Bertz CT molecular complexity index is 467. The Morgan fingerprint density at radius 3 is 3.05 bits per heavy atom. The summed E-state index contributed by atoms with van der Waals surface area (Å²) in [6.45, 7) is 12.5. The number of hydrogen-bond donors (Lipinski definition) is 1. The first-order valence-corrected chi connectivity index (χ1v) is 8.42. The second kappa shape index (κ2) is 6.05. The summed E-state index contributed by atoms with van der Waals surface area (Å²) in [6.07, 6.45) is 5.75. The Kier molecular flexibility index (Phi) is 4.31. The minimum atomic E-state index is 0.426. The van der Waals surface area contributed by atoms with Crippen molar-refractivity contribution in [1.29, 1.82) is 0 Å². The summed E-state index contributed by atoms with van der Waals surface area (Å²) in [5, 5.41) is 12.1. The second-order valence-corrected chi connectivity index (χ2v) is 7.39. The van der Waals surface area contributed by atoms with Crippen molar-refractivity contribution < 1.29 is 0 Å². The second-order valence-electron chi connectivity index (χ2n) is 7.39. The van der Waals surface area contributed by atoms with E-state index in [1.54, 1.807) is 0 Å². The van der Waals surface area contributed by atoms with E-state index in [1.165, 1.54) is 25.8 Å². The molecule has 0 aromatic carbocycles. The summed E-state index contributed by atoms with van der Waals surface area (Å²) in [7, 11) is 0. The van der Waals surface area contributed by atoms with Crippen LogP contribution in [0.1, 0.15) is 45.9 Å². The van der Waals surface area contributed by atoms with Crippen LogP contribution in [-0.2, 0) is 13.1 Å². The van der Waals surface area contributed by atoms with Gasteiger partial charge in [-0.3, -0.25) is 4.90 Å². The zero-order chi connectivity index (χ0) is 14.9. The van der Waals surface area contributed by atoms with Gasteiger partial charge in [0.15, 0.2) is 0 Å². The summed E-state index contributed by atoms with van der Waals surface area (Å²) < 4.78 is 2.18. The van der Waals surface area contributed by atoms with Gasteiger partial charge >= 0.3 is 0 Å². The van der Waals surface area contributed by atoms with Gasteiger partial charge in [-0.05, 0) is 37.1 Å². The van der Waals surface area contributed by atoms with Crippen LogP contribution in [0.15, 0.2) is 6.33 Å². The molecule has 0 amide bonds. The Morgan fingerprint density at radius 1 is 1.38 bits per heavy atom. The summed E-state index contributed by atoms with van der Waals surface area (Å²) in [6, 6.07) is 0.650. The largest absolute Gasteiger partial charge is 0.315 e. The van der Waals surface area contributed by atoms with Gasteiger partial charge in [-0.2, -0.15) is 0 Å². The van der Waals surface area contributed by atoms with Crippen LogP contribution in [0, 0.1) is 11.3 Å². The average molecular weight is 291 g/mol. The molecule has 2 heterocycles. The van der Waals surface area contributed by atoms with Crippen molar-refractivity contribution in [2.45, 2.75) is 59.2 Å². The SMILES string of the molecule is CCCNC1C(CN2CCn3cnnc3C2)CCC1(C)C. The molecule has 2 aliphatic rings. The fourth-order valence-electron chi connectivity index (χ4n) is 4.06. The molecule has 0 bridgehead atoms. The third-order valence-corrected chi connectivity index (χ3v) is 5.30. The monoisotopic (exact) mass is 291 g/mol. The lowest BCUT2D eigenvalue weighted by Crippen LogP contribution is -2.47. The van der Waals surface area contributed by atoms with E-state index in [-0.39, 0.29) is 0 Å². The zero-order valence-electron chi connectivity index (χ0n) is 13.7. The maximum atomic E-state index is 4.23. The normalized spacial score (nSPS) is 28.7. The molecule has 0 radical (unpaired) electrons. The van der Waals surface area contributed by atoms with Crippen molar-refractivity contribution in [3.63, 3.8) is 0 Å². The standard InChI is InChI=1S/C16H29N5/c1-4-7-17-15-13(5-6-16(15,2)3)10-20-8-9-21-12-18-19-14(21)11-20/h12-13,15,17H,4-11H2,1-3H3. The minimum Gasteiger partial charge on any atom is -0.315 e. The average Bonchev–Trinajstić information content (AvgIpc) is 3.02. The first-order valence-electron chi connectivity index (χ1n) is 8.42. The van der Waals surface area contributed by atoms with E-state index in [0.29, 0.717) is 11.5 Å². The number of nitrogens with zero attached hydrogens (tertiary/aromatic N) is 4. The van der Waals surface area contributed by atoms with E-state index in [0.717, 1.165) is 37.9 Å². The lowest BCUT2D eigenvalue weighted by atomic mass is 9.84. The molecule has 2 unspecified atom stereocenters. The molecule has 118 valence electrons. The van der Waals surface area contributed by atoms with Gasteiger partial charge in [0.1, 0.15) is 12.2 Å². The molecule has 1 aliphatic carbocycles. The van der Waals surface area contributed by atoms with Crippen molar-refractivity contribution in [1.82, 2.24) is 25.0 Å². The molecule has 1 fully saturated rings. The smallest absolute Gasteiger partial charge is 0.147 e. The lowest BCUT2D eigenvalue weighted by molar-refractivity contribution is 0.156. The van der Waals surface area contributed by atoms with Crippen molar-refractivity contribution in [3.05, 3.63) is 12.2 Å². The summed E-state index contributed by atoms with van der Waals surface area (Å²) in [5.41, 5.74) is 0.426. The van der Waals surface area contributed by atoms with Gasteiger partial charge in [0.05, 0.1) is 6.54 Å². The summed E-state index contributed by atoms with van der Waals surface area (Å²) >= 11 is 0. The molecule has 5 heteroatoms.